The predicted octanol–water partition coefficient (Wildman–Crippen LogP) is 4.51. The highest BCUT2D eigenvalue weighted by atomic mass is 32.2. The number of anilines is 1. The summed E-state index contributed by atoms with van der Waals surface area (Å²) < 4.78 is 25.7. The molecule has 1 atom stereocenters. The zero-order chi connectivity index (χ0) is 21.9. The van der Waals surface area contributed by atoms with Gasteiger partial charge < -0.3 is 5.32 Å². The molecular formula is C20H17N3O6S. The van der Waals surface area contributed by atoms with Crippen LogP contribution in [0.5, 0.6) is 0 Å². The van der Waals surface area contributed by atoms with Gasteiger partial charge in [0.1, 0.15) is 5.69 Å². The van der Waals surface area contributed by atoms with Gasteiger partial charge in [-0.2, -0.15) is 0 Å². The number of nitro groups is 2. The zero-order valence-electron chi connectivity index (χ0n) is 15.8. The van der Waals surface area contributed by atoms with Gasteiger partial charge in [-0.15, -0.1) is 0 Å². The van der Waals surface area contributed by atoms with Crippen LogP contribution >= 0.6 is 0 Å². The third kappa shape index (κ3) is 4.28. The van der Waals surface area contributed by atoms with E-state index < -0.39 is 25.4 Å². The number of nitrogens with zero attached hydrogens (tertiary/aromatic N) is 2. The second-order valence-electron chi connectivity index (χ2n) is 6.47. The molecule has 30 heavy (non-hydrogen) atoms. The summed E-state index contributed by atoms with van der Waals surface area (Å²) in [6, 6.07) is 17.1. The first-order chi connectivity index (χ1) is 14.2. The molecule has 0 aliphatic heterocycles. The van der Waals surface area contributed by atoms with E-state index in [0.717, 1.165) is 17.7 Å². The molecule has 0 radical (unpaired) electrons. The van der Waals surface area contributed by atoms with E-state index in [4.69, 9.17) is 0 Å². The van der Waals surface area contributed by atoms with Gasteiger partial charge in [0.25, 0.3) is 11.4 Å². The molecule has 0 fully saturated rings. The highest BCUT2D eigenvalue weighted by Gasteiger charge is 2.25. The molecule has 154 valence electrons. The van der Waals surface area contributed by atoms with Crippen molar-refractivity contribution in [2.24, 2.45) is 0 Å². The second-order valence-corrected chi connectivity index (χ2v) is 8.42. The fourth-order valence-electron chi connectivity index (χ4n) is 2.91. The molecule has 1 unspecified atom stereocenters. The maximum absolute atomic E-state index is 12.9. The lowest BCUT2D eigenvalue weighted by atomic mass is 10.1. The van der Waals surface area contributed by atoms with Crippen molar-refractivity contribution in [3.05, 3.63) is 98.6 Å². The minimum absolute atomic E-state index is 0.161. The Morgan fingerprint density at radius 2 is 1.50 bits per heavy atom. The van der Waals surface area contributed by atoms with Crippen LogP contribution in [0.25, 0.3) is 0 Å². The number of rotatable bonds is 7. The summed E-state index contributed by atoms with van der Waals surface area (Å²) in [6.45, 7) is 1.83. The zero-order valence-corrected chi connectivity index (χ0v) is 16.6. The molecular weight excluding hydrogens is 410 g/mol. The molecule has 0 heterocycles. The smallest absolute Gasteiger partial charge is 0.293 e. The first kappa shape index (κ1) is 20.9. The van der Waals surface area contributed by atoms with Crippen LogP contribution in [0, 0.1) is 20.2 Å². The maximum Gasteiger partial charge on any atom is 0.293 e. The summed E-state index contributed by atoms with van der Waals surface area (Å²) >= 11 is 0. The molecule has 0 spiro atoms. The molecule has 0 bridgehead atoms. The Morgan fingerprint density at radius 3 is 2.13 bits per heavy atom. The van der Waals surface area contributed by atoms with E-state index in [-0.39, 0.29) is 27.2 Å². The van der Waals surface area contributed by atoms with Crippen molar-refractivity contribution < 1.29 is 18.3 Å². The van der Waals surface area contributed by atoms with Crippen molar-refractivity contribution >= 4 is 26.9 Å². The number of sulfone groups is 1. The van der Waals surface area contributed by atoms with Crippen LogP contribution in [-0.4, -0.2) is 18.3 Å². The van der Waals surface area contributed by atoms with Gasteiger partial charge >= 0.3 is 0 Å². The summed E-state index contributed by atoms with van der Waals surface area (Å²) in [5, 5.41) is 25.5. The van der Waals surface area contributed by atoms with E-state index in [9.17, 15) is 28.6 Å². The van der Waals surface area contributed by atoms with Crippen molar-refractivity contribution in [1.29, 1.82) is 0 Å². The van der Waals surface area contributed by atoms with Gasteiger partial charge in [0, 0.05) is 24.2 Å². The monoisotopic (exact) mass is 427 g/mol. The average Bonchev–Trinajstić information content (AvgIpc) is 2.74. The summed E-state index contributed by atoms with van der Waals surface area (Å²) in [6.07, 6.45) is 0. The topological polar surface area (TPSA) is 132 Å². The quantitative estimate of drug-likeness (QED) is 0.433. The lowest BCUT2D eigenvalue weighted by Gasteiger charge is -2.16. The van der Waals surface area contributed by atoms with Crippen LogP contribution in [0.15, 0.2) is 82.6 Å². The van der Waals surface area contributed by atoms with E-state index >= 15 is 0 Å². The summed E-state index contributed by atoms with van der Waals surface area (Å²) in [4.78, 5) is 20.5. The molecule has 0 aliphatic carbocycles. The van der Waals surface area contributed by atoms with Crippen LogP contribution < -0.4 is 5.32 Å². The Morgan fingerprint density at radius 1 is 0.833 bits per heavy atom. The van der Waals surface area contributed by atoms with Crippen LogP contribution in [0.3, 0.4) is 0 Å². The Balaban J connectivity index is 1.99. The fraction of sp³-hybridized carbons (Fsp3) is 0.100. The van der Waals surface area contributed by atoms with Crippen molar-refractivity contribution in [2.75, 3.05) is 5.32 Å². The molecule has 0 saturated heterocycles. The number of nitro benzene ring substituents is 2. The average molecular weight is 427 g/mol. The Labute approximate surface area is 172 Å². The van der Waals surface area contributed by atoms with E-state index in [1.165, 1.54) is 30.3 Å². The summed E-state index contributed by atoms with van der Waals surface area (Å²) in [5.74, 6) is 0. The van der Waals surface area contributed by atoms with Crippen molar-refractivity contribution in [3.8, 4) is 0 Å². The molecule has 10 heteroatoms. The normalized spacial score (nSPS) is 12.2. The molecule has 0 aromatic heterocycles. The summed E-state index contributed by atoms with van der Waals surface area (Å²) in [7, 11) is -4.19. The van der Waals surface area contributed by atoms with E-state index in [2.05, 4.69) is 5.32 Å². The summed E-state index contributed by atoms with van der Waals surface area (Å²) in [5.41, 5.74) is 0.263. The van der Waals surface area contributed by atoms with Gasteiger partial charge in [-0.3, -0.25) is 20.2 Å². The van der Waals surface area contributed by atoms with Crippen molar-refractivity contribution in [3.63, 3.8) is 0 Å². The second kappa shape index (κ2) is 8.29. The predicted molar refractivity (Wildman–Crippen MR) is 110 cm³/mol. The maximum atomic E-state index is 12.9. The lowest BCUT2D eigenvalue weighted by Crippen LogP contribution is -2.09. The van der Waals surface area contributed by atoms with Gasteiger partial charge in [0.15, 0.2) is 0 Å². The lowest BCUT2D eigenvalue weighted by molar-refractivity contribution is -0.385. The van der Waals surface area contributed by atoms with E-state index in [0.29, 0.717) is 0 Å². The first-order valence-corrected chi connectivity index (χ1v) is 10.3. The van der Waals surface area contributed by atoms with Crippen molar-refractivity contribution in [2.45, 2.75) is 22.8 Å². The minimum atomic E-state index is -4.19. The molecule has 3 aromatic carbocycles. The Bertz CT molecular complexity index is 1210. The Kier molecular flexibility index (Phi) is 5.79. The molecule has 0 amide bonds. The largest absolute Gasteiger partial charge is 0.373 e. The van der Waals surface area contributed by atoms with Crippen molar-refractivity contribution in [1.82, 2.24) is 0 Å². The van der Waals surface area contributed by atoms with E-state index in [1.807, 2.05) is 37.3 Å². The molecule has 1 N–H and O–H groups in total. The number of hydrogen-bond acceptors (Lipinski definition) is 7. The standard InChI is InChI=1S/C20H17N3O6S/c1-14(15-6-3-2-4-7-15)21-19-11-10-18(13-20(19)23(26)27)30(28,29)17-9-5-8-16(12-17)22(24)25/h2-14,21H,1H3. The highest BCUT2D eigenvalue weighted by Crippen LogP contribution is 2.33. The molecule has 0 aliphatic rings. The molecule has 3 rings (SSSR count). The van der Waals surface area contributed by atoms with Crippen LogP contribution in [-0.2, 0) is 9.84 Å². The SMILES string of the molecule is CC(Nc1ccc(S(=O)(=O)c2cccc([N+](=O)[O-])c2)cc1[N+](=O)[O-])c1ccccc1. The molecule has 9 nitrogen and oxygen atoms in total. The van der Waals surface area contributed by atoms with Crippen LogP contribution in [0.2, 0.25) is 0 Å². The molecule has 3 aromatic rings. The highest BCUT2D eigenvalue weighted by molar-refractivity contribution is 7.91. The minimum Gasteiger partial charge on any atom is -0.373 e. The number of benzene rings is 3. The molecule has 0 saturated carbocycles. The van der Waals surface area contributed by atoms with Gasteiger partial charge in [-0.05, 0) is 30.7 Å². The number of nitrogens with one attached hydrogen (secondary N) is 1. The van der Waals surface area contributed by atoms with E-state index in [1.54, 1.807) is 0 Å². The van der Waals surface area contributed by atoms with Gasteiger partial charge in [-0.25, -0.2) is 8.42 Å². The number of hydrogen-bond donors (Lipinski definition) is 1. The van der Waals surface area contributed by atoms with Gasteiger partial charge in [0.2, 0.25) is 9.84 Å². The van der Waals surface area contributed by atoms with Crippen LogP contribution in [0.1, 0.15) is 18.5 Å². The Hall–Kier alpha value is -3.79. The first-order valence-electron chi connectivity index (χ1n) is 8.79. The third-order valence-corrected chi connectivity index (χ3v) is 6.24. The third-order valence-electron chi connectivity index (χ3n) is 4.49. The fourth-order valence-corrected chi connectivity index (χ4v) is 4.23. The van der Waals surface area contributed by atoms with Gasteiger partial charge in [0.05, 0.1) is 19.6 Å². The number of non-ortho nitro benzene ring substituents is 1. The van der Waals surface area contributed by atoms with Gasteiger partial charge in [-0.1, -0.05) is 36.4 Å². The van der Waals surface area contributed by atoms with Crippen LogP contribution in [0.4, 0.5) is 17.1 Å².